The molecular weight excluding hydrogens is 400 g/mol. The van der Waals surface area contributed by atoms with Crippen LogP contribution in [0.15, 0.2) is 18.2 Å². The molecule has 0 amide bonds. The average molecular weight is 439 g/mol. The summed E-state index contributed by atoms with van der Waals surface area (Å²) in [6.45, 7) is 3.26. The van der Waals surface area contributed by atoms with E-state index in [0.29, 0.717) is 30.6 Å². The van der Waals surface area contributed by atoms with Gasteiger partial charge in [-0.25, -0.2) is 0 Å². The fourth-order valence-corrected chi connectivity index (χ4v) is 7.19. The Morgan fingerprint density at radius 1 is 1.16 bits per heavy atom. The minimum Gasteiger partial charge on any atom is -0.465 e. The number of benzene rings is 1. The third kappa shape index (κ3) is 3.87. The maximum Gasteiger partial charge on any atom is 0.199 e. The highest BCUT2D eigenvalue weighted by atomic mass is 16.7. The summed E-state index contributed by atoms with van der Waals surface area (Å²) in [6.07, 6.45) is 10.8. The molecule has 1 aromatic rings. The number of hydrogen-bond donors (Lipinski definition) is 2. The molecule has 4 heteroatoms. The van der Waals surface area contributed by atoms with Gasteiger partial charge in [0.25, 0.3) is 0 Å². The molecule has 2 saturated carbocycles. The largest absolute Gasteiger partial charge is 0.465 e. The van der Waals surface area contributed by atoms with Crippen LogP contribution in [0.3, 0.4) is 0 Å². The van der Waals surface area contributed by atoms with Gasteiger partial charge in [0.2, 0.25) is 0 Å². The topological polar surface area (TPSA) is 58.9 Å². The molecule has 4 nitrogen and oxygen atoms in total. The van der Waals surface area contributed by atoms with Crippen molar-refractivity contribution < 1.29 is 19.7 Å². The molecule has 0 radical (unpaired) electrons. The van der Waals surface area contributed by atoms with Crippen LogP contribution >= 0.6 is 0 Å². The molecule has 2 N–H and O–H groups in total. The first-order valence-corrected chi connectivity index (χ1v) is 12.8. The van der Waals surface area contributed by atoms with Gasteiger partial charge in [0.1, 0.15) is 11.4 Å². The molecule has 3 fully saturated rings. The summed E-state index contributed by atoms with van der Waals surface area (Å²) in [4.78, 5) is 0. The fourth-order valence-electron chi connectivity index (χ4n) is 7.19. The molecule has 1 aliphatic heterocycles. The van der Waals surface area contributed by atoms with E-state index in [1.807, 2.05) is 0 Å². The van der Waals surface area contributed by atoms with Crippen LogP contribution in [0.25, 0.3) is 0 Å². The Bertz CT molecular complexity index is 879. The van der Waals surface area contributed by atoms with Gasteiger partial charge in [0.15, 0.2) is 6.29 Å². The molecule has 0 bridgehead atoms. The lowest BCUT2D eigenvalue weighted by Crippen LogP contribution is -2.50. The molecule has 0 aromatic heterocycles. The van der Waals surface area contributed by atoms with E-state index in [1.54, 1.807) is 0 Å². The van der Waals surface area contributed by atoms with Crippen molar-refractivity contribution in [2.45, 2.75) is 95.4 Å². The molecule has 1 saturated heterocycles. The lowest BCUT2D eigenvalue weighted by atomic mass is 9.53. The average Bonchev–Trinajstić information content (AvgIpc) is 3.08. The predicted molar refractivity (Wildman–Crippen MR) is 124 cm³/mol. The SMILES string of the molecule is C[C@]12CC[C@@H]3c4ccc(OC5CCCCO5)cc4CC[C@H]3[C@@H]1CC[C@]2(O)C#CCCCO. The van der Waals surface area contributed by atoms with Crippen LogP contribution in [-0.4, -0.2) is 35.3 Å². The van der Waals surface area contributed by atoms with Gasteiger partial charge in [-0.2, -0.15) is 0 Å². The predicted octanol–water partition coefficient (Wildman–Crippen LogP) is 4.96. The number of aliphatic hydroxyl groups excluding tert-OH is 1. The fraction of sp³-hybridized carbons (Fsp3) is 0.714. The Morgan fingerprint density at radius 2 is 2.06 bits per heavy atom. The second kappa shape index (κ2) is 9.01. The molecule has 4 aliphatic rings. The lowest BCUT2D eigenvalue weighted by Gasteiger charge is -2.52. The summed E-state index contributed by atoms with van der Waals surface area (Å²) in [7, 11) is 0. The van der Waals surface area contributed by atoms with Gasteiger partial charge in [0, 0.05) is 24.9 Å². The van der Waals surface area contributed by atoms with Crippen LogP contribution in [0.1, 0.15) is 88.2 Å². The Morgan fingerprint density at radius 3 is 2.88 bits per heavy atom. The Labute approximate surface area is 192 Å². The molecular formula is C28H38O4. The van der Waals surface area contributed by atoms with E-state index in [1.165, 1.54) is 24.0 Å². The maximum absolute atomic E-state index is 11.6. The maximum atomic E-state index is 11.6. The third-order valence-corrected chi connectivity index (χ3v) is 9.01. The van der Waals surface area contributed by atoms with Crippen molar-refractivity contribution in [2.24, 2.45) is 17.3 Å². The van der Waals surface area contributed by atoms with E-state index in [9.17, 15) is 5.11 Å². The van der Waals surface area contributed by atoms with Crippen molar-refractivity contribution in [1.29, 1.82) is 0 Å². The highest BCUT2D eigenvalue weighted by Crippen LogP contribution is 2.64. The van der Waals surface area contributed by atoms with E-state index in [4.69, 9.17) is 14.6 Å². The van der Waals surface area contributed by atoms with Crippen LogP contribution in [0, 0.1) is 29.1 Å². The van der Waals surface area contributed by atoms with Crippen molar-refractivity contribution in [3.05, 3.63) is 29.3 Å². The summed E-state index contributed by atoms with van der Waals surface area (Å²) in [5.74, 6) is 9.12. The Balaban J connectivity index is 1.32. The summed E-state index contributed by atoms with van der Waals surface area (Å²) >= 11 is 0. The van der Waals surface area contributed by atoms with E-state index in [-0.39, 0.29) is 18.3 Å². The lowest BCUT2D eigenvalue weighted by molar-refractivity contribution is -0.105. The third-order valence-electron chi connectivity index (χ3n) is 9.01. The minimum absolute atomic E-state index is 0.0943. The van der Waals surface area contributed by atoms with E-state index in [2.05, 4.69) is 37.0 Å². The number of aliphatic hydroxyl groups is 2. The monoisotopic (exact) mass is 438 g/mol. The first-order valence-electron chi connectivity index (χ1n) is 12.8. The van der Waals surface area contributed by atoms with Gasteiger partial charge in [-0.05, 0) is 98.8 Å². The zero-order valence-corrected chi connectivity index (χ0v) is 19.4. The molecule has 174 valence electrons. The Hall–Kier alpha value is -1.54. The summed E-state index contributed by atoms with van der Waals surface area (Å²) < 4.78 is 11.9. The zero-order valence-electron chi connectivity index (χ0n) is 19.4. The van der Waals surface area contributed by atoms with Gasteiger partial charge in [-0.1, -0.05) is 18.9 Å². The molecule has 1 heterocycles. The van der Waals surface area contributed by atoms with Gasteiger partial charge in [-0.3, -0.25) is 0 Å². The van der Waals surface area contributed by atoms with Gasteiger partial charge in [-0.15, -0.1) is 5.92 Å². The van der Waals surface area contributed by atoms with Crippen LogP contribution in [-0.2, 0) is 11.2 Å². The number of unbranched alkanes of at least 4 members (excludes halogenated alkanes) is 1. The molecule has 0 spiro atoms. The second-order valence-electron chi connectivity index (χ2n) is 10.7. The van der Waals surface area contributed by atoms with Gasteiger partial charge < -0.3 is 19.7 Å². The second-order valence-corrected chi connectivity index (χ2v) is 10.7. The highest BCUT2D eigenvalue weighted by Gasteiger charge is 2.61. The zero-order chi connectivity index (χ0) is 22.2. The van der Waals surface area contributed by atoms with E-state index in [0.717, 1.165) is 57.3 Å². The molecule has 5 rings (SSSR count). The van der Waals surface area contributed by atoms with Crippen molar-refractivity contribution in [3.63, 3.8) is 0 Å². The summed E-state index contributed by atoms with van der Waals surface area (Å²) in [5, 5.41) is 20.6. The van der Waals surface area contributed by atoms with Crippen LogP contribution in [0.4, 0.5) is 0 Å². The van der Waals surface area contributed by atoms with E-state index < -0.39 is 5.60 Å². The number of rotatable bonds is 4. The van der Waals surface area contributed by atoms with Crippen molar-refractivity contribution in [3.8, 4) is 17.6 Å². The van der Waals surface area contributed by atoms with Gasteiger partial charge >= 0.3 is 0 Å². The molecule has 1 aromatic carbocycles. The van der Waals surface area contributed by atoms with Crippen LogP contribution in [0.5, 0.6) is 5.75 Å². The number of hydrogen-bond acceptors (Lipinski definition) is 4. The smallest absolute Gasteiger partial charge is 0.199 e. The normalized spacial score (nSPS) is 38.1. The first-order chi connectivity index (χ1) is 15.5. The van der Waals surface area contributed by atoms with Crippen molar-refractivity contribution in [1.82, 2.24) is 0 Å². The van der Waals surface area contributed by atoms with Crippen molar-refractivity contribution >= 4 is 0 Å². The van der Waals surface area contributed by atoms with Crippen LogP contribution < -0.4 is 4.74 Å². The summed E-state index contributed by atoms with van der Waals surface area (Å²) in [5.41, 5.74) is 1.94. The highest BCUT2D eigenvalue weighted by molar-refractivity contribution is 5.41. The first kappa shape index (κ1) is 22.3. The number of fused-ring (bicyclic) bond motifs is 5. The molecule has 1 unspecified atom stereocenters. The standard InChI is InChI=1S/C28H38O4/c1-27-15-12-23-22-11-9-21(32-26-7-3-6-18-31-26)19-20(22)8-10-24(23)25(27)13-16-28(27,30)14-4-2-5-17-29/h9,11,19,23-26,29-30H,2-3,5-8,10,12-13,15-18H2,1H3/t23-,24-,25+,26?,27+,28-/m1/s1. The Kier molecular flexibility index (Phi) is 6.27. The quantitative estimate of drug-likeness (QED) is 0.516. The van der Waals surface area contributed by atoms with E-state index >= 15 is 0 Å². The molecule has 3 aliphatic carbocycles. The minimum atomic E-state index is -0.879. The number of aryl methyl sites for hydroxylation is 1. The van der Waals surface area contributed by atoms with Crippen molar-refractivity contribution in [2.75, 3.05) is 13.2 Å². The molecule has 6 atom stereocenters. The van der Waals surface area contributed by atoms with Gasteiger partial charge in [0.05, 0.1) is 6.61 Å². The molecule has 32 heavy (non-hydrogen) atoms. The number of ether oxygens (including phenoxy) is 2. The summed E-state index contributed by atoms with van der Waals surface area (Å²) in [6, 6.07) is 6.71. The van der Waals surface area contributed by atoms with Crippen LogP contribution in [0.2, 0.25) is 0 Å².